The molecule has 17 heavy (non-hydrogen) atoms. The third-order valence-electron chi connectivity index (χ3n) is 2.19. The maximum atomic E-state index is 11.2. The summed E-state index contributed by atoms with van der Waals surface area (Å²) in [6, 6.07) is 6.98. The molecule has 0 spiro atoms. The van der Waals surface area contributed by atoms with E-state index in [4.69, 9.17) is 4.74 Å². The summed E-state index contributed by atoms with van der Waals surface area (Å²) in [5, 5.41) is 0. The Labute approximate surface area is 104 Å². The van der Waals surface area contributed by atoms with Gasteiger partial charge in [0.15, 0.2) is 0 Å². The Bertz CT molecular complexity index is 389. The van der Waals surface area contributed by atoms with E-state index >= 15 is 0 Å². The number of anilines is 1. The van der Waals surface area contributed by atoms with Gasteiger partial charge in [0.25, 0.3) is 11.3 Å². The first-order chi connectivity index (χ1) is 8.19. The van der Waals surface area contributed by atoms with Gasteiger partial charge in [-0.3, -0.25) is 4.55 Å². The lowest BCUT2D eigenvalue weighted by Gasteiger charge is -2.15. The van der Waals surface area contributed by atoms with E-state index in [-0.39, 0.29) is 0 Å². The third-order valence-corrected chi connectivity index (χ3v) is 2.86. The summed E-state index contributed by atoms with van der Waals surface area (Å²) < 4.78 is 26.7. The first-order valence-electron chi connectivity index (χ1n) is 5.40. The monoisotopic (exact) mass is 255 g/mol. The maximum absolute atomic E-state index is 11.2. The SMILES string of the molecule is CCCC=CN(c1ccc(OC)cc1)S(=O)O. The average molecular weight is 255 g/mol. The molecule has 0 fully saturated rings. The molecule has 0 heterocycles. The van der Waals surface area contributed by atoms with Gasteiger partial charge in [0, 0.05) is 6.20 Å². The molecule has 1 atom stereocenters. The van der Waals surface area contributed by atoms with Crippen molar-refractivity contribution in [2.24, 2.45) is 0 Å². The van der Waals surface area contributed by atoms with Crippen molar-refractivity contribution in [1.82, 2.24) is 0 Å². The van der Waals surface area contributed by atoms with Crippen LogP contribution in [-0.4, -0.2) is 15.9 Å². The Morgan fingerprint density at radius 2 is 2.06 bits per heavy atom. The predicted molar refractivity (Wildman–Crippen MR) is 70.3 cm³/mol. The Balaban J connectivity index is 2.85. The zero-order valence-corrected chi connectivity index (χ0v) is 10.8. The van der Waals surface area contributed by atoms with Gasteiger partial charge in [-0.15, -0.1) is 0 Å². The molecule has 0 aromatic heterocycles. The molecule has 94 valence electrons. The third kappa shape index (κ3) is 4.20. The molecule has 0 bridgehead atoms. The fourth-order valence-electron chi connectivity index (χ4n) is 1.29. The summed E-state index contributed by atoms with van der Waals surface area (Å²) in [5.41, 5.74) is 0.652. The first-order valence-corrected chi connectivity index (χ1v) is 6.46. The van der Waals surface area contributed by atoms with E-state index in [9.17, 15) is 8.76 Å². The van der Waals surface area contributed by atoms with E-state index in [0.29, 0.717) is 5.69 Å². The van der Waals surface area contributed by atoms with Crippen molar-refractivity contribution in [1.29, 1.82) is 0 Å². The number of unbranched alkanes of at least 4 members (excludes halogenated alkanes) is 1. The van der Waals surface area contributed by atoms with Gasteiger partial charge in [0.05, 0.1) is 12.8 Å². The quantitative estimate of drug-likeness (QED) is 0.795. The second-order valence-electron chi connectivity index (χ2n) is 3.43. The molecule has 1 unspecified atom stereocenters. The molecule has 1 rings (SSSR count). The minimum Gasteiger partial charge on any atom is -0.497 e. The van der Waals surface area contributed by atoms with E-state index in [1.807, 2.05) is 6.08 Å². The van der Waals surface area contributed by atoms with Gasteiger partial charge in [-0.1, -0.05) is 19.4 Å². The molecule has 0 saturated heterocycles. The topological polar surface area (TPSA) is 49.8 Å². The van der Waals surface area contributed by atoms with Gasteiger partial charge in [-0.05, 0) is 30.7 Å². The van der Waals surface area contributed by atoms with Crippen LogP contribution in [0.4, 0.5) is 5.69 Å². The number of methoxy groups -OCH3 is 1. The molecule has 1 aromatic carbocycles. The van der Waals surface area contributed by atoms with Crippen molar-refractivity contribution in [2.45, 2.75) is 19.8 Å². The minimum absolute atomic E-state index is 0.652. The van der Waals surface area contributed by atoms with Crippen LogP contribution in [0.5, 0.6) is 5.75 Å². The number of benzene rings is 1. The molecule has 0 aliphatic carbocycles. The van der Waals surface area contributed by atoms with Crippen LogP contribution >= 0.6 is 0 Å². The van der Waals surface area contributed by atoms with Gasteiger partial charge in [-0.2, -0.15) is 0 Å². The first kappa shape index (κ1) is 13.7. The van der Waals surface area contributed by atoms with Crippen molar-refractivity contribution in [3.05, 3.63) is 36.5 Å². The average Bonchev–Trinajstić information content (AvgIpc) is 2.34. The van der Waals surface area contributed by atoms with E-state index in [1.165, 1.54) is 4.31 Å². The molecular weight excluding hydrogens is 238 g/mol. The Morgan fingerprint density at radius 1 is 1.41 bits per heavy atom. The standard InChI is InChI=1S/C12H17NO3S/c1-3-4-5-10-13(17(14)15)11-6-8-12(16-2)9-7-11/h5-10H,3-4H2,1-2H3,(H,14,15). The summed E-state index contributed by atoms with van der Waals surface area (Å²) in [7, 11) is 1.58. The number of allylic oxidation sites excluding steroid dienone is 1. The lowest BCUT2D eigenvalue weighted by atomic mass is 10.3. The molecular formula is C12H17NO3S. The molecule has 5 heteroatoms. The number of hydrogen-bond acceptors (Lipinski definition) is 2. The highest BCUT2D eigenvalue weighted by Gasteiger charge is 2.08. The van der Waals surface area contributed by atoms with Gasteiger partial charge in [0.1, 0.15) is 5.75 Å². The number of nitrogens with zero attached hydrogens (tertiary/aromatic N) is 1. The predicted octanol–water partition coefficient (Wildman–Crippen LogP) is 2.95. The molecule has 4 nitrogen and oxygen atoms in total. The Kier molecular flexibility index (Phi) is 5.72. The van der Waals surface area contributed by atoms with E-state index in [0.717, 1.165) is 18.6 Å². The lowest BCUT2D eigenvalue weighted by Crippen LogP contribution is -2.17. The second-order valence-corrected chi connectivity index (χ2v) is 4.28. The zero-order chi connectivity index (χ0) is 12.7. The summed E-state index contributed by atoms with van der Waals surface area (Å²) in [5.74, 6) is 0.718. The molecule has 1 aromatic rings. The maximum Gasteiger partial charge on any atom is 0.266 e. The number of rotatable bonds is 6. The van der Waals surface area contributed by atoms with Gasteiger partial charge >= 0.3 is 0 Å². The highest BCUT2D eigenvalue weighted by atomic mass is 32.2. The van der Waals surface area contributed by atoms with Crippen molar-refractivity contribution < 1.29 is 13.5 Å². The molecule has 0 saturated carbocycles. The van der Waals surface area contributed by atoms with Crippen LogP contribution < -0.4 is 9.04 Å². The highest BCUT2D eigenvalue weighted by molar-refractivity contribution is 7.80. The summed E-state index contributed by atoms with van der Waals surface area (Å²) in [6.45, 7) is 2.05. The Morgan fingerprint density at radius 3 is 2.53 bits per heavy atom. The van der Waals surface area contributed by atoms with Gasteiger partial charge in [-0.25, -0.2) is 8.51 Å². The number of ether oxygens (including phenoxy) is 1. The van der Waals surface area contributed by atoms with Crippen LogP contribution in [0.25, 0.3) is 0 Å². The smallest absolute Gasteiger partial charge is 0.266 e. The molecule has 1 N–H and O–H groups in total. The van der Waals surface area contributed by atoms with Crippen LogP contribution in [0.15, 0.2) is 36.5 Å². The van der Waals surface area contributed by atoms with E-state index in [2.05, 4.69) is 6.92 Å². The van der Waals surface area contributed by atoms with Gasteiger partial charge < -0.3 is 4.74 Å². The van der Waals surface area contributed by atoms with Crippen LogP contribution in [0.3, 0.4) is 0 Å². The minimum atomic E-state index is -2.06. The fraction of sp³-hybridized carbons (Fsp3) is 0.333. The van der Waals surface area contributed by atoms with Crippen LogP contribution in [0, 0.1) is 0 Å². The van der Waals surface area contributed by atoms with Crippen molar-refractivity contribution in [3.8, 4) is 5.75 Å². The lowest BCUT2D eigenvalue weighted by molar-refractivity contribution is 0.415. The van der Waals surface area contributed by atoms with Gasteiger partial charge in [0.2, 0.25) is 0 Å². The summed E-state index contributed by atoms with van der Waals surface area (Å²) in [6.07, 6.45) is 5.38. The molecule has 0 aliphatic heterocycles. The summed E-state index contributed by atoms with van der Waals surface area (Å²) in [4.78, 5) is 0. The number of hydrogen-bond donors (Lipinski definition) is 1. The molecule has 0 aliphatic rings. The van der Waals surface area contributed by atoms with Crippen LogP contribution in [0.2, 0.25) is 0 Å². The van der Waals surface area contributed by atoms with Crippen molar-refractivity contribution in [2.75, 3.05) is 11.4 Å². The molecule has 0 amide bonds. The Hall–Kier alpha value is -1.33. The van der Waals surface area contributed by atoms with Crippen molar-refractivity contribution in [3.63, 3.8) is 0 Å². The fourth-order valence-corrected chi connectivity index (χ4v) is 1.79. The largest absolute Gasteiger partial charge is 0.497 e. The summed E-state index contributed by atoms with van der Waals surface area (Å²) >= 11 is -2.06. The van der Waals surface area contributed by atoms with E-state index < -0.39 is 11.3 Å². The highest BCUT2D eigenvalue weighted by Crippen LogP contribution is 2.20. The van der Waals surface area contributed by atoms with E-state index in [1.54, 1.807) is 37.6 Å². The zero-order valence-electron chi connectivity index (χ0n) is 10.00. The van der Waals surface area contributed by atoms with Crippen LogP contribution in [0.1, 0.15) is 19.8 Å². The second kappa shape index (κ2) is 7.09. The van der Waals surface area contributed by atoms with Crippen LogP contribution in [-0.2, 0) is 11.3 Å². The molecule has 0 radical (unpaired) electrons. The normalized spacial score (nSPS) is 12.6. The van der Waals surface area contributed by atoms with Crippen molar-refractivity contribution >= 4 is 17.0 Å².